The zero-order chi connectivity index (χ0) is 39.8. The van der Waals surface area contributed by atoms with Gasteiger partial charge in [-0.2, -0.15) is 10.5 Å². The third-order valence-corrected chi connectivity index (χ3v) is 12.8. The molecule has 9 nitrogen and oxygen atoms in total. The first-order valence-electron chi connectivity index (χ1n) is 18.6. The number of benzene rings is 3. The highest BCUT2D eigenvalue weighted by molar-refractivity contribution is 9.10. The second-order valence-electron chi connectivity index (χ2n) is 15.5. The van der Waals surface area contributed by atoms with Gasteiger partial charge in [-0.3, -0.25) is 4.98 Å². The highest BCUT2D eigenvalue weighted by Crippen LogP contribution is 2.62. The fourth-order valence-electron chi connectivity index (χ4n) is 8.42. The molecule has 2 atom stereocenters. The van der Waals surface area contributed by atoms with Gasteiger partial charge in [-0.1, -0.05) is 40.1 Å². The Kier molecular flexibility index (Phi) is 9.14. The largest absolute Gasteiger partial charge is 0.361 e. The lowest BCUT2D eigenvalue weighted by molar-refractivity contribution is 0.393. The van der Waals surface area contributed by atoms with Crippen LogP contribution in [-0.2, 0) is 10.8 Å². The molecule has 282 valence electrons. The van der Waals surface area contributed by atoms with Gasteiger partial charge in [0.25, 0.3) is 0 Å². The third-order valence-electron chi connectivity index (χ3n) is 12.0. The van der Waals surface area contributed by atoms with Gasteiger partial charge in [-0.05, 0) is 147 Å². The minimum Gasteiger partial charge on any atom is -0.361 e. The molecule has 0 bridgehead atoms. The van der Waals surface area contributed by atoms with E-state index < -0.39 is 10.8 Å². The predicted molar refractivity (Wildman–Crippen MR) is 223 cm³/mol. The van der Waals surface area contributed by atoms with E-state index in [1.54, 1.807) is 0 Å². The second kappa shape index (κ2) is 13.7. The van der Waals surface area contributed by atoms with Gasteiger partial charge in [-0.15, -0.1) is 0 Å². The quantitative estimate of drug-likeness (QED) is 0.140. The first-order valence-corrected chi connectivity index (χ1v) is 19.8. The lowest BCUT2D eigenvalue weighted by atomic mass is 9.89. The van der Waals surface area contributed by atoms with Crippen LogP contribution in [0.5, 0.6) is 0 Å². The molecule has 11 heteroatoms. The van der Waals surface area contributed by atoms with Crippen molar-refractivity contribution in [3.05, 3.63) is 121 Å². The van der Waals surface area contributed by atoms with E-state index in [0.29, 0.717) is 17.1 Å². The average molecular weight is 827 g/mol. The van der Waals surface area contributed by atoms with Crippen LogP contribution in [0.4, 0.5) is 22.7 Å². The highest BCUT2D eigenvalue weighted by Gasteiger charge is 2.59. The smallest absolute Gasteiger partial charge is 0.141 e. The number of aromatic nitrogens is 3. The first-order chi connectivity index (χ1) is 26.7. The van der Waals surface area contributed by atoms with Gasteiger partial charge in [0.15, 0.2) is 0 Å². The molecule has 8 rings (SSSR count). The van der Waals surface area contributed by atoms with Crippen LogP contribution in [0.2, 0.25) is 5.02 Å². The molecule has 0 saturated heterocycles. The van der Waals surface area contributed by atoms with Crippen molar-refractivity contribution in [2.75, 3.05) is 23.9 Å². The van der Waals surface area contributed by atoms with E-state index in [-0.39, 0.29) is 5.92 Å². The molecule has 0 spiro atoms. The summed E-state index contributed by atoms with van der Waals surface area (Å²) in [6.45, 7) is 11.9. The molecule has 3 heterocycles. The average Bonchev–Trinajstić information content (AvgIpc) is 4.08. The zero-order valence-corrected chi connectivity index (χ0v) is 35.0. The van der Waals surface area contributed by atoms with E-state index in [1.807, 2.05) is 60.1 Å². The van der Waals surface area contributed by atoms with E-state index in [1.165, 1.54) is 0 Å². The molecule has 0 aliphatic heterocycles. The molecule has 0 amide bonds. The predicted octanol–water partition coefficient (Wildman–Crippen LogP) is 11.7. The summed E-state index contributed by atoms with van der Waals surface area (Å²) in [5, 5.41) is 30.0. The van der Waals surface area contributed by atoms with Crippen LogP contribution in [0.15, 0.2) is 74.3 Å². The minimum absolute atomic E-state index is 0.121. The van der Waals surface area contributed by atoms with Gasteiger partial charge < -0.3 is 18.8 Å². The summed E-state index contributed by atoms with van der Waals surface area (Å²) < 4.78 is 11.9. The number of halogens is 2. The van der Waals surface area contributed by atoms with Crippen molar-refractivity contribution in [1.82, 2.24) is 15.3 Å². The van der Waals surface area contributed by atoms with Crippen LogP contribution in [0.3, 0.4) is 0 Å². The summed E-state index contributed by atoms with van der Waals surface area (Å²) in [5.74, 6) is 1.38. The van der Waals surface area contributed by atoms with Crippen molar-refractivity contribution in [3.63, 3.8) is 0 Å². The summed E-state index contributed by atoms with van der Waals surface area (Å²) >= 11 is 10.6. The molecule has 0 N–H and O–H groups in total. The lowest BCUT2D eigenvalue weighted by Crippen LogP contribution is -2.16. The van der Waals surface area contributed by atoms with Gasteiger partial charge in [0.1, 0.15) is 16.9 Å². The number of hydrogen-bond donors (Lipinski definition) is 0. The number of nitrogens with zero attached hydrogens (tertiary/aromatic N) is 7. The zero-order valence-electron chi connectivity index (χ0n) is 32.7. The van der Waals surface area contributed by atoms with Crippen LogP contribution in [0.1, 0.15) is 76.0 Å². The summed E-state index contributed by atoms with van der Waals surface area (Å²) in [6, 6.07) is 23.9. The second-order valence-corrected chi connectivity index (χ2v) is 16.8. The van der Waals surface area contributed by atoms with Gasteiger partial charge in [0.2, 0.25) is 0 Å². The Bertz CT molecular complexity index is 2620. The molecule has 56 heavy (non-hydrogen) atoms. The SMILES string of the molecule is Cc1ccc(-c2c(C)noc2C)cc1N(C)c1cnc(C2(C#N)CC2c2cc(-c3c(C)noc3C)cc(N(C)c3cc(Cl)cc(C4(C#N)CC4)c3)c2C)c(Br)c1. The molecule has 2 aliphatic rings. The summed E-state index contributed by atoms with van der Waals surface area (Å²) in [5.41, 5.74) is 12.9. The van der Waals surface area contributed by atoms with E-state index >= 15 is 0 Å². The number of rotatable bonds is 9. The standard InChI is InChI=1S/C45H41BrClN7O2/c1-24-9-10-30(41-26(3)51-55-28(41)5)14-39(24)54(8)35-19-38(46)43(50-21-35)45(23-49)20-37(45)36-13-31(42-27(4)52-56-29(42)6)15-40(25(36)2)53(7)34-17-32(16-33(47)18-34)44(22-48)11-12-44/h9-10,13-19,21,37H,11-12,20H2,1-8H3. The maximum atomic E-state index is 11.0. The molecule has 2 saturated carbocycles. The maximum absolute atomic E-state index is 11.0. The summed E-state index contributed by atoms with van der Waals surface area (Å²) in [4.78, 5) is 9.26. The van der Waals surface area contributed by atoms with Crippen LogP contribution in [-0.4, -0.2) is 29.4 Å². The van der Waals surface area contributed by atoms with E-state index in [0.717, 1.165) is 107 Å². The molecular weight excluding hydrogens is 786 g/mol. The number of hydrogen-bond acceptors (Lipinski definition) is 9. The molecule has 3 aromatic carbocycles. The number of nitriles is 2. The van der Waals surface area contributed by atoms with Crippen LogP contribution < -0.4 is 9.80 Å². The monoisotopic (exact) mass is 825 g/mol. The van der Waals surface area contributed by atoms with Crippen molar-refractivity contribution in [3.8, 4) is 34.4 Å². The Hall–Kier alpha value is -5.42. The number of aryl methyl sites for hydroxylation is 5. The van der Waals surface area contributed by atoms with Crippen molar-refractivity contribution in [2.24, 2.45) is 0 Å². The topological polar surface area (TPSA) is 119 Å². The van der Waals surface area contributed by atoms with Gasteiger partial charge in [-0.25, -0.2) is 0 Å². The Morgan fingerprint density at radius 1 is 0.786 bits per heavy atom. The molecule has 0 radical (unpaired) electrons. The van der Waals surface area contributed by atoms with Crippen LogP contribution >= 0.6 is 27.5 Å². The molecular formula is C45H41BrClN7O2. The number of anilines is 4. The van der Waals surface area contributed by atoms with E-state index in [2.05, 4.69) is 104 Å². The summed E-state index contributed by atoms with van der Waals surface area (Å²) in [6.07, 6.45) is 4.12. The van der Waals surface area contributed by atoms with Crippen molar-refractivity contribution in [1.29, 1.82) is 10.5 Å². The Morgan fingerprint density at radius 2 is 1.43 bits per heavy atom. The number of pyridine rings is 1. The minimum atomic E-state index is -0.846. The Labute approximate surface area is 340 Å². The van der Waals surface area contributed by atoms with Crippen LogP contribution in [0.25, 0.3) is 22.3 Å². The normalized spacial score (nSPS) is 18.0. The fourth-order valence-corrected chi connectivity index (χ4v) is 9.34. The Morgan fingerprint density at radius 3 is 2.02 bits per heavy atom. The highest BCUT2D eigenvalue weighted by atomic mass is 79.9. The van der Waals surface area contributed by atoms with Crippen molar-refractivity contribution in [2.45, 2.75) is 77.6 Å². The molecule has 6 aromatic rings. The van der Waals surface area contributed by atoms with Gasteiger partial charge in [0, 0.05) is 57.7 Å². The van der Waals surface area contributed by atoms with Gasteiger partial charge in [0.05, 0.1) is 46.5 Å². The molecule has 2 fully saturated rings. The third kappa shape index (κ3) is 6.07. The van der Waals surface area contributed by atoms with E-state index in [9.17, 15) is 10.5 Å². The van der Waals surface area contributed by atoms with Crippen molar-refractivity contribution < 1.29 is 9.05 Å². The lowest BCUT2D eigenvalue weighted by Gasteiger charge is -2.26. The first kappa shape index (κ1) is 37.5. The molecule has 2 aliphatic carbocycles. The van der Waals surface area contributed by atoms with E-state index in [4.69, 9.17) is 25.6 Å². The van der Waals surface area contributed by atoms with Gasteiger partial charge >= 0.3 is 0 Å². The molecule has 2 unspecified atom stereocenters. The fraction of sp³-hybridized carbons (Fsp3) is 0.311. The Balaban J connectivity index is 1.17. The van der Waals surface area contributed by atoms with Crippen molar-refractivity contribution >= 4 is 50.3 Å². The summed E-state index contributed by atoms with van der Waals surface area (Å²) in [7, 11) is 4.05. The maximum Gasteiger partial charge on any atom is 0.141 e. The molecule has 3 aromatic heterocycles. The van der Waals surface area contributed by atoms with Crippen LogP contribution in [0, 0.1) is 64.2 Å².